The van der Waals surface area contributed by atoms with Gasteiger partial charge in [0.1, 0.15) is 6.29 Å². The van der Waals surface area contributed by atoms with Gasteiger partial charge < -0.3 is 9.36 Å². The molecule has 1 fully saturated rings. The molecule has 3 rings (SSSR count). The highest BCUT2D eigenvalue weighted by Crippen LogP contribution is 2.52. The Labute approximate surface area is 114 Å². The Morgan fingerprint density at radius 2 is 2.22 bits per heavy atom. The molecule has 0 spiro atoms. The van der Waals surface area contributed by atoms with Gasteiger partial charge in [0.15, 0.2) is 0 Å². The number of imidazole rings is 1. The first-order valence-electron chi connectivity index (χ1n) is 5.92. The number of carbonyl (C=O) groups excluding carboxylic acids is 1. The first kappa shape index (κ1) is 11.7. The number of alkyl halides is 1. The van der Waals surface area contributed by atoms with Crippen molar-refractivity contribution in [3.63, 3.8) is 0 Å². The van der Waals surface area contributed by atoms with Crippen molar-refractivity contribution < 1.29 is 4.79 Å². The maximum Gasteiger partial charge on any atom is 0.132 e. The molecule has 0 saturated heterocycles. The number of hydrogen-bond donors (Lipinski definition) is 0. The van der Waals surface area contributed by atoms with Gasteiger partial charge in [0.25, 0.3) is 0 Å². The van der Waals surface area contributed by atoms with Gasteiger partial charge in [0, 0.05) is 17.2 Å². The van der Waals surface area contributed by atoms with Crippen LogP contribution in [-0.4, -0.2) is 21.2 Å². The molecule has 3 nitrogen and oxygen atoms in total. The Morgan fingerprint density at radius 3 is 2.83 bits per heavy atom. The Hall–Kier alpha value is -1.42. The normalized spacial score (nSPS) is 25.9. The minimum Gasteiger partial charge on any atom is -0.306 e. The lowest BCUT2D eigenvalue weighted by Gasteiger charge is -2.04. The Bertz CT molecular complexity index is 566. The van der Waals surface area contributed by atoms with Gasteiger partial charge >= 0.3 is 0 Å². The number of aromatic nitrogens is 2. The molecule has 1 aromatic carbocycles. The van der Waals surface area contributed by atoms with Crippen molar-refractivity contribution in [2.75, 3.05) is 5.33 Å². The SMILES string of the molecule is O=C[C@]1(c2cn(-c3ccccc3)cn2)C[C@@H]1CBr. The molecule has 92 valence electrons. The molecular formula is C14H13BrN2O. The van der Waals surface area contributed by atoms with Crippen LogP contribution in [0.3, 0.4) is 0 Å². The van der Waals surface area contributed by atoms with Crippen LogP contribution in [0.15, 0.2) is 42.9 Å². The summed E-state index contributed by atoms with van der Waals surface area (Å²) < 4.78 is 1.96. The van der Waals surface area contributed by atoms with Crippen molar-refractivity contribution in [3.8, 4) is 5.69 Å². The molecule has 0 unspecified atom stereocenters. The highest BCUT2D eigenvalue weighted by atomic mass is 79.9. The van der Waals surface area contributed by atoms with Crippen molar-refractivity contribution in [1.82, 2.24) is 9.55 Å². The molecule has 1 aromatic heterocycles. The number of benzene rings is 1. The molecule has 1 aliphatic carbocycles. The molecule has 2 aromatic rings. The van der Waals surface area contributed by atoms with Crippen molar-refractivity contribution >= 4 is 22.2 Å². The first-order valence-corrected chi connectivity index (χ1v) is 7.04. The number of carbonyl (C=O) groups is 1. The third-order valence-corrected chi connectivity index (χ3v) is 4.44. The maximum atomic E-state index is 11.3. The number of nitrogens with zero attached hydrogens (tertiary/aromatic N) is 2. The van der Waals surface area contributed by atoms with E-state index in [-0.39, 0.29) is 5.41 Å². The van der Waals surface area contributed by atoms with Gasteiger partial charge in [-0.25, -0.2) is 4.98 Å². The fourth-order valence-corrected chi connectivity index (χ4v) is 3.17. The summed E-state index contributed by atoms with van der Waals surface area (Å²) in [6.07, 6.45) is 5.69. The molecule has 0 N–H and O–H groups in total. The molecule has 0 radical (unpaired) electrons. The lowest BCUT2D eigenvalue weighted by Crippen LogP contribution is -2.13. The molecule has 0 amide bonds. The van der Waals surface area contributed by atoms with Crippen LogP contribution in [0.4, 0.5) is 0 Å². The Morgan fingerprint density at radius 1 is 1.44 bits per heavy atom. The van der Waals surface area contributed by atoms with Gasteiger partial charge in [-0.1, -0.05) is 34.1 Å². The summed E-state index contributed by atoms with van der Waals surface area (Å²) in [5.41, 5.74) is 1.59. The van der Waals surface area contributed by atoms with E-state index in [2.05, 4.69) is 20.9 Å². The van der Waals surface area contributed by atoms with E-state index in [9.17, 15) is 4.79 Å². The average Bonchev–Trinajstić information content (AvgIpc) is 2.96. The van der Waals surface area contributed by atoms with Gasteiger partial charge in [-0.2, -0.15) is 0 Å². The third kappa shape index (κ3) is 1.72. The monoisotopic (exact) mass is 304 g/mol. The lowest BCUT2D eigenvalue weighted by atomic mass is 10.0. The topological polar surface area (TPSA) is 34.9 Å². The molecular weight excluding hydrogens is 292 g/mol. The van der Waals surface area contributed by atoms with Crippen LogP contribution in [0.2, 0.25) is 0 Å². The van der Waals surface area contributed by atoms with Gasteiger partial charge in [-0.05, 0) is 24.5 Å². The van der Waals surface area contributed by atoms with Crippen molar-refractivity contribution in [2.45, 2.75) is 11.8 Å². The zero-order valence-electron chi connectivity index (χ0n) is 9.79. The summed E-state index contributed by atoms with van der Waals surface area (Å²) in [7, 11) is 0. The minimum absolute atomic E-state index is 0.358. The van der Waals surface area contributed by atoms with Crippen LogP contribution >= 0.6 is 15.9 Å². The van der Waals surface area contributed by atoms with E-state index in [0.29, 0.717) is 5.92 Å². The number of hydrogen-bond acceptors (Lipinski definition) is 2. The number of para-hydroxylation sites is 1. The van der Waals surface area contributed by atoms with E-state index in [0.717, 1.165) is 29.4 Å². The molecule has 0 aliphatic heterocycles. The quantitative estimate of drug-likeness (QED) is 0.643. The zero-order valence-corrected chi connectivity index (χ0v) is 11.4. The fourth-order valence-electron chi connectivity index (χ4n) is 2.36. The highest BCUT2D eigenvalue weighted by molar-refractivity contribution is 9.09. The second-order valence-electron chi connectivity index (χ2n) is 4.72. The predicted molar refractivity (Wildman–Crippen MR) is 73.2 cm³/mol. The molecule has 18 heavy (non-hydrogen) atoms. The van der Waals surface area contributed by atoms with E-state index in [1.54, 1.807) is 6.33 Å². The van der Waals surface area contributed by atoms with E-state index in [4.69, 9.17) is 0 Å². The van der Waals surface area contributed by atoms with Gasteiger partial charge in [-0.15, -0.1) is 0 Å². The maximum absolute atomic E-state index is 11.3. The van der Waals surface area contributed by atoms with Gasteiger partial charge in [0.05, 0.1) is 17.4 Å². The molecule has 0 bridgehead atoms. The minimum atomic E-state index is -0.358. The zero-order chi connectivity index (χ0) is 12.6. The van der Waals surface area contributed by atoms with Gasteiger partial charge in [-0.3, -0.25) is 0 Å². The number of rotatable bonds is 4. The third-order valence-electron chi connectivity index (χ3n) is 3.66. The lowest BCUT2D eigenvalue weighted by molar-refractivity contribution is -0.110. The Kier molecular flexibility index (Phi) is 2.82. The fraction of sp³-hybridized carbons (Fsp3) is 0.286. The number of aldehydes is 1. The molecule has 1 saturated carbocycles. The van der Waals surface area contributed by atoms with Crippen LogP contribution in [0, 0.1) is 5.92 Å². The van der Waals surface area contributed by atoms with Crippen molar-refractivity contribution in [1.29, 1.82) is 0 Å². The number of halogens is 1. The van der Waals surface area contributed by atoms with E-state index in [1.807, 2.05) is 41.1 Å². The van der Waals surface area contributed by atoms with Crippen molar-refractivity contribution in [2.24, 2.45) is 5.92 Å². The van der Waals surface area contributed by atoms with E-state index < -0.39 is 0 Å². The summed E-state index contributed by atoms with van der Waals surface area (Å²) in [5.74, 6) is 0.383. The molecule has 1 aliphatic rings. The smallest absolute Gasteiger partial charge is 0.132 e. The summed E-state index contributed by atoms with van der Waals surface area (Å²) in [4.78, 5) is 15.7. The van der Waals surface area contributed by atoms with E-state index in [1.165, 1.54) is 0 Å². The largest absolute Gasteiger partial charge is 0.306 e. The van der Waals surface area contributed by atoms with Crippen molar-refractivity contribution in [3.05, 3.63) is 48.5 Å². The second-order valence-corrected chi connectivity index (χ2v) is 5.36. The van der Waals surface area contributed by atoms with E-state index >= 15 is 0 Å². The van der Waals surface area contributed by atoms with Crippen LogP contribution in [0.5, 0.6) is 0 Å². The van der Waals surface area contributed by atoms with Crippen LogP contribution in [0.25, 0.3) is 5.69 Å². The Balaban J connectivity index is 1.93. The highest BCUT2D eigenvalue weighted by Gasteiger charge is 2.56. The average molecular weight is 305 g/mol. The van der Waals surface area contributed by atoms with Crippen LogP contribution in [0.1, 0.15) is 12.1 Å². The molecule has 4 heteroatoms. The summed E-state index contributed by atoms with van der Waals surface area (Å²) >= 11 is 3.45. The predicted octanol–water partition coefficient (Wildman–Crippen LogP) is 2.72. The van der Waals surface area contributed by atoms with Gasteiger partial charge in [0.2, 0.25) is 0 Å². The second kappa shape index (κ2) is 4.35. The summed E-state index contributed by atoms with van der Waals surface area (Å²) in [5, 5.41) is 0.851. The van der Waals surface area contributed by atoms with Crippen LogP contribution in [-0.2, 0) is 10.2 Å². The molecule has 2 atom stereocenters. The molecule has 1 heterocycles. The summed E-state index contributed by atoms with van der Waals surface area (Å²) in [6, 6.07) is 10.0. The standard InChI is InChI=1S/C14H13BrN2O/c15-7-11-6-14(11,9-18)13-8-17(10-16-13)12-4-2-1-3-5-12/h1-5,8-11H,6-7H2/t11-,14-/m1/s1. The summed E-state index contributed by atoms with van der Waals surface area (Å²) in [6.45, 7) is 0. The first-order chi connectivity index (χ1) is 8.80. The van der Waals surface area contributed by atoms with Crippen LogP contribution < -0.4 is 0 Å².